The third-order valence-corrected chi connectivity index (χ3v) is 7.57. The number of nitrogens with one attached hydrogen (secondary N) is 4. The number of nitrogens with zero attached hydrogens (tertiary/aromatic N) is 1. The van der Waals surface area contributed by atoms with Crippen LogP contribution in [-0.2, 0) is 54.1 Å². The first-order valence-corrected chi connectivity index (χ1v) is 15.6. The first-order valence-electron chi connectivity index (χ1n) is 15.6. The van der Waals surface area contributed by atoms with Gasteiger partial charge in [0.05, 0.1) is 52.2 Å². The van der Waals surface area contributed by atoms with Gasteiger partial charge in [0, 0.05) is 13.1 Å². The molecule has 0 spiro atoms. The number of rotatable bonds is 22. The number of ether oxygens (including phenoxy) is 5. The Hall–Kier alpha value is -3.89. The van der Waals surface area contributed by atoms with Gasteiger partial charge >= 0.3 is 19.8 Å². The highest BCUT2D eigenvalue weighted by Crippen LogP contribution is 2.29. The number of alkyl halides is 6. The highest BCUT2D eigenvalue weighted by molar-refractivity contribution is 5.99. The van der Waals surface area contributed by atoms with Crippen molar-refractivity contribution in [2.45, 2.75) is 62.9 Å². The van der Waals surface area contributed by atoms with Crippen molar-refractivity contribution >= 4 is 29.4 Å². The molecule has 21 heteroatoms. The number of epoxide rings is 1. The molecule has 0 aliphatic carbocycles. The molecule has 0 aromatic heterocycles. The Balaban J connectivity index is 1.77. The predicted molar refractivity (Wildman–Crippen MR) is 160 cm³/mol. The average molecular weight is 744 g/mol. The molecule has 0 unspecified atom stereocenters. The van der Waals surface area contributed by atoms with Crippen molar-refractivity contribution < 1.29 is 74.0 Å². The largest absolute Gasteiger partial charge is 0.379 e. The molecule has 2 saturated heterocycles. The molecule has 0 radical (unpaired) electrons. The second-order valence-electron chi connectivity index (χ2n) is 11.5. The Morgan fingerprint density at radius 3 is 1.59 bits per heavy atom. The Bertz CT molecular complexity index is 1310. The van der Waals surface area contributed by atoms with Gasteiger partial charge in [0.1, 0.15) is 23.7 Å². The lowest BCUT2D eigenvalue weighted by Crippen LogP contribution is -2.61. The third-order valence-electron chi connectivity index (χ3n) is 7.57. The molecular formula is C30H39F6N5O10. The van der Waals surface area contributed by atoms with Crippen LogP contribution in [0.1, 0.15) is 12.5 Å². The summed E-state index contributed by atoms with van der Waals surface area (Å²) in [7, 11) is 0. The highest BCUT2D eigenvalue weighted by Gasteiger charge is 2.50. The molecule has 0 bridgehead atoms. The SMILES string of the molecule is C[C@@]1(C(=O)[C@H](Cc2ccccc2)NC(=O)[C@H](COC(F)F)NC(=O)[C@H](COC(F)F)NC(=O)[C@H](COC(F)F)NC(=O)CN2CCOCC2)CO1. The predicted octanol–water partition coefficient (Wildman–Crippen LogP) is -0.424. The van der Waals surface area contributed by atoms with E-state index in [-0.39, 0.29) is 19.6 Å². The zero-order chi connectivity index (χ0) is 37.6. The minimum absolute atomic E-state index is 0.0458. The van der Waals surface area contributed by atoms with Crippen LogP contribution in [0, 0.1) is 0 Å². The van der Waals surface area contributed by atoms with Gasteiger partial charge in [-0.15, -0.1) is 0 Å². The summed E-state index contributed by atoms with van der Waals surface area (Å²) in [5.74, 6) is -5.40. The molecule has 51 heavy (non-hydrogen) atoms. The summed E-state index contributed by atoms with van der Waals surface area (Å²) in [6.45, 7) is -11.3. The van der Waals surface area contributed by atoms with E-state index in [2.05, 4.69) is 24.8 Å². The van der Waals surface area contributed by atoms with Gasteiger partial charge in [-0.3, -0.25) is 28.9 Å². The monoisotopic (exact) mass is 743 g/mol. The molecule has 2 aliphatic rings. The van der Waals surface area contributed by atoms with Crippen molar-refractivity contribution in [2.24, 2.45) is 0 Å². The van der Waals surface area contributed by atoms with E-state index >= 15 is 0 Å². The first kappa shape index (κ1) is 41.5. The molecule has 0 saturated carbocycles. The van der Waals surface area contributed by atoms with Gasteiger partial charge in [0.25, 0.3) is 0 Å². The number of carbonyl (C=O) groups is 5. The Morgan fingerprint density at radius 2 is 1.16 bits per heavy atom. The zero-order valence-electron chi connectivity index (χ0n) is 27.3. The second kappa shape index (κ2) is 20.2. The van der Waals surface area contributed by atoms with Crippen molar-refractivity contribution in [1.29, 1.82) is 0 Å². The number of ketones is 1. The zero-order valence-corrected chi connectivity index (χ0v) is 27.3. The van der Waals surface area contributed by atoms with E-state index in [9.17, 15) is 50.3 Å². The van der Waals surface area contributed by atoms with Crippen LogP contribution in [0.3, 0.4) is 0 Å². The van der Waals surface area contributed by atoms with Gasteiger partial charge in [-0.25, -0.2) is 0 Å². The Morgan fingerprint density at radius 1 is 0.725 bits per heavy atom. The van der Waals surface area contributed by atoms with Crippen LogP contribution in [0.4, 0.5) is 26.3 Å². The Kier molecular flexibility index (Phi) is 16.5. The summed E-state index contributed by atoms with van der Waals surface area (Å²) in [6, 6.07) is 1.08. The van der Waals surface area contributed by atoms with Crippen LogP contribution in [0.5, 0.6) is 0 Å². The minimum Gasteiger partial charge on any atom is -0.379 e. The topological polar surface area (TPSA) is 186 Å². The summed E-state index contributed by atoms with van der Waals surface area (Å²) in [5.41, 5.74) is -0.645. The summed E-state index contributed by atoms with van der Waals surface area (Å²) in [6.07, 6.45) is -0.0685. The first-order chi connectivity index (χ1) is 24.2. The van der Waals surface area contributed by atoms with E-state index in [0.29, 0.717) is 31.9 Å². The minimum atomic E-state index is -3.49. The fourth-order valence-corrected chi connectivity index (χ4v) is 4.75. The number of Topliss-reactive ketones (excluding diaryl/α,β-unsaturated/α-hetero) is 1. The number of carbonyl (C=O) groups excluding carboxylic acids is 5. The molecule has 1 aromatic rings. The van der Waals surface area contributed by atoms with Crippen LogP contribution >= 0.6 is 0 Å². The van der Waals surface area contributed by atoms with Crippen LogP contribution in [0.2, 0.25) is 0 Å². The van der Waals surface area contributed by atoms with E-state index in [0.717, 1.165) is 0 Å². The molecule has 3 rings (SSSR count). The molecule has 2 heterocycles. The van der Waals surface area contributed by atoms with E-state index < -0.39 is 98.8 Å². The molecule has 2 aliphatic heterocycles. The molecule has 4 amide bonds. The van der Waals surface area contributed by atoms with Crippen LogP contribution in [0.25, 0.3) is 0 Å². The van der Waals surface area contributed by atoms with Gasteiger partial charge in [0.2, 0.25) is 23.6 Å². The van der Waals surface area contributed by atoms with E-state index in [1.807, 2.05) is 10.6 Å². The number of amides is 4. The number of halogens is 6. The molecule has 15 nitrogen and oxygen atoms in total. The standard InChI is InChI=1S/C30H39F6N5O10/c1-30(16-51-30)23(43)18(11-17-5-3-2-4-6-17)38-25(45)20(14-49-28(33)34)40-26(46)21(15-50-29(35)36)39-24(44)19(13-48-27(31)32)37-22(42)12-41-7-9-47-10-8-41/h2-6,18-21,27-29H,7-16H2,1H3,(H,37,42)(H,38,45)(H,39,44)(H,40,46)/t18-,19-,20-,21-,30-/m0/s1. The van der Waals surface area contributed by atoms with Crippen LogP contribution in [0.15, 0.2) is 30.3 Å². The third kappa shape index (κ3) is 14.7. The van der Waals surface area contributed by atoms with Gasteiger partial charge in [-0.2, -0.15) is 26.3 Å². The smallest absolute Gasteiger partial charge is 0.345 e. The van der Waals surface area contributed by atoms with Gasteiger partial charge < -0.3 is 45.0 Å². The van der Waals surface area contributed by atoms with Crippen molar-refractivity contribution in [2.75, 3.05) is 59.3 Å². The van der Waals surface area contributed by atoms with Gasteiger partial charge in [-0.05, 0) is 18.9 Å². The maximum atomic E-state index is 13.4. The maximum absolute atomic E-state index is 13.4. The van der Waals surface area contributed by atoms with Gasteiger partial charge in [-0.1, -0.05) is 30.3 Å². The van der Waals surface area contributed by atoms with Crippen molar-refractivity contribution in [3.05, 3.63) is 35.9 Å². The number of benzene rings is 1. The number of hydrogen-bond donors (Lipinski definition) is 4. The molecule has 286 valence electrons. The second-order valence-corrected chi connectivity index (χ2v) is 11.5. The fourth-order valence-electron chi connectivity index (χ4n) is 4.75. The van der Waals surface area contributed by atoms with E-state index in [4.69, 9.17) is 9.47 Å². The van der Waals surface area contributed by atoms with Crippen molar-refractivity contribution in [3.63, 3.8) is 0 Å². The lowest BCUT2D eigenvalue weighted by Gasteiger charge is -2.28. The van der Waals surface area contributed by atoms with Crippen LogP contribution < -0.4 is 21.3 Å². The summed E-state index contributed by atoms with van der Waals surface area (Å²) >= 11 is 0. The summed E-state index contributed by atoms with van der Waals surface area (Å²) in [5, 5.41) is 8.51. The normalized spacial score (nSPS) is 20.0. The van der Waals surface area contributed by atoms with Crippen molar-refractivity contribution in [1.82, 2.24) is 26.2 Å². The highest BCUT2D eigenvalue weighted by atomic mass is 19.3. The quantitative estimate of drug-likeness (QED) is 0.0893. The molecule has 5 atom stereocenters. The van der Waals surface area contributed by atoms with Crippen LogP contribution in [-0.4, -0.2) is 143 Å². The summed E-state index contributed by atoms with van der Waals surface area (Å²) < 4.78 is 101. The van der Waals surface area contributed by atoms with E-state index in [1.165, 1.54) is 6.92 Å². The molecule has 4 N–H and O–H groups in total. The number of hydrogen-bond acceptors (Lipinski definition) is 11. The molecule has 2 fully saturated rings. The average Bonchev–Trinajstić information content (AvgIpc) is 3.84. The van der Waals surface area contributed by atoms with Gasteiger partial charge in [0.15, 0.2) is 5.78 Å². The van der Waals surface area contributed by atoms with Crippen molar-refractivity contribution in [3.8, 4) is 0 Å². The lowest BCUT2D eigenvalue weighted by molar-refractivity contribution is -0.156. The maximum Gasteiger partial charge on any atom is 0.345 e. The summed E-state index contributed by atoms with van der Waals surface area (Å²) in [4.78, 5) is 67.2. The lowest BCUT2D eigenvalue weighted by atomic mass is 9.94. The fraction of sp³-hybridized carbons (Fsp3) is 0.633. The Labute approximate surface area is 288 Å². The van der Waals surface area contributed by atoms with E-state index in [1.54, 1.807) is 35.2 Å². The molecular weight excluding hydrogens is 704 g/mol. The molecule has 1 aromatic carbocycles. The number of morpholine rings is 1.